The number of hydrogen-bond donors (Lipinski definition) is 0. The molecule has 0 fully saturated rings. The van der Waals surface area contributed by atoms with E-state index >= 15 is 0 Å². The van der Waals surface area contributed by atoms with Gasteiger partial charge in [0, 0.05) is 9.70 Å². The second-order valence-corrected chi connectivity index (χ2v) is 7.25. The molecule has 0 aliphatic heterocycles. The Morgan fingerprint density at radius 2 is 2.15 bits per heavy atom. The minimum Gasteiger partial charge on any atom is -0.133 e. The maximum absolute atomic E-state index is 3.66. The zero-order valence-corrected chi connectivity index (χ0v) is 11.9. The normalized spacial score (nSPS) is 15.7. The lowest BCUT2D eigenvalue weighted by molar-refractivity contribution is 0.512. The summed E-state index contributed by atoms with van der Waals surface area (Å²) < 4.78 is 1.24. The van der Waals surface area contributed by atoms with Gasteiger partial charge in [0.25, 0.3) is 0 Å². The van der Waals surface area contributed by atoms with Crippen LogP contribution in [0.15, 0.2) is 15.9 Å². The minimum atomic E-state index is 0.610. The summed E-state index contributed by atoms with van der Waals surface area (Å²) in [7, 11) is 0. The van der Waals surface area contributed by atoms with Crippen molar-refractivity contribution in [1.29, 1.82) is 0 Å². The van der Waals surface area contributed by atoms with Crippen LogP contribution in [0.3, 0.4) is 0 Å². The fraction of sp³-hybridized carbons (Fsp3) is 0.600. The van der Waals surface area contributed by atoms with Crippen molar-refractivity contribution in [2.75, 3.05) is 0 Å². The van der Waals surface area contributed by atoms with Crippen LogP contribution in [-0.2, 0) is 6.42 Å². The first kappa shape index (κ1) is 11.7. The van der Waals surface area contributed by atoms with Crippen LogP contribution in [0.25, 0.3) is 0 Å². The van der Waals surface area contributed by atoms with Crippen LogP contribution in [0.1, 0.15) is 25.1 Å². The molecule has 0 nitrogen and oxygen atoms in total. The summed E-state index contributed by atoms with van der Waals surface area (Å²) in [5.74, 6) is 0.755. The standard InChI is InChI=1S/C10H14Br2S/c1-3-8(7(2)11)6-9-4-5-10(12)13-9/h4-5,7-8H,3,6H2,1-2H3. The molecule has 74 valence electrons. The number of thiophene rings is 1. The average Bonchev–Trinajstić information content (AvgIpc) is 2.46. The predicted molar refractivity (Wildman–Crippen MR) is 67.9 cm³/mol. The van der Waals surface area contributed by atoms with Crippen molar-refractivity contribution in [3.05, 3.63) is 20.8 Å². The largest absolute Gasteiger partial charge is 0.133 e. The Labute approximate surface area is 101 Å². The van der Waals surface area contributed by atoms with Gasteiger partial charge in [0.15, 0.2) is 0 Å². The average molecular weight is 326 g/mol. The molecule has 0 saturated carbocycles. The minimum absolute atomic E-state index is 0.610. The van der Waals surface area contributed by atoms with E-state index in [1.54, 1.807) is 0 Å². The molecule has 0 radical (unpaired) electrons. The molecular weight excluding hydrogens is 312 g/mol. The Bertz CT molecular complexity index is 255. The Balaban J connectivity index is 2.56. The Morgan fingerprint density at radius 1 is 1.46 bits per heavy atom. The first-order valence-electron chi connectivity index (χ1n) is 4.51. The van der Waals surface area contributed by atoms with Gasteiger partial charge in [-0.25, -0.2) is 0 Å². The summed E-state index contributed by atoms with van der Waals surface area (Å²) in [5.41, 5.74) is 0. The summed E-state index contributed by atoms with van der Waals surface area (Å²) in [6.07, 6.45) is 2.43. The van der Waals surface area contributed by atoms with Gasteiger partial charge < -0.3 is 0 Å². The van der Waals surface area contributed by atoms with Crippen LogP contribution >= 0.6 is 43.2 Å². The van der Waals surface area contributed by atoms with E-state index in [9.17, 15) is 0 Å². The van der Waals surface area contributed by atoms with E-state index in [0.717, 1.165) is 5.92 Å². The maximum Gasteiger partial charge on any atom is 0.0701 e. The van der Waals surface area contributed by atoms with Gasteiger partial charge >= 0.3 is 0 Å². The predicted octanol–water partition coefficient (Wildman–Crippen LogP) is 4.86. The van der Waals surface area contributed by atoms with Crippen LogP contribution < -0.4 is 0 Å². The molecule has 0 aliphatic carbocycles. The van der Waals surface area contributed by atoms with Gasteiger partial charge in [-0.05, 0) is 40.4 Å². The molecular formula is C10H14Br2S. The fourth-order valence-corrected chi connectivity index (χ4v) is 3.49. The van der Waals surface area contributed by atoms with E-state index in [-0.39, 0.29) is 0 Å². The van der Waals surface area contributed by atoms with Gasteiger partial charge in [-0.2, -0.15) is 0 Å². The van der Waals surface area contributed by atoms with Gasteiger partial charge in [0.2, 0.25) is 0 Å². The van der Waals surface area contributed by atoms with Crippen molar-refractivity contribution in [1.82, 2.24) is 0 Å². The van der Waals surface area contributed by atoms with Crippen LogP contribution in [0, 0.1) is 5.92 Å². The summed E-state index contributed by atoms with van der Waals surface area (Å²) in [5, 5.41) is 0. The molecule has 0 spiro atoms. The van der Waals surface area contributed by atoms with Gasteiger partial charge in [-0.3, -0.25) is 0 Å². The summed E-state index contributed by atoms with van der Waals surface area (Å²) >= 11 is 8.99. The Hall–Kier alpha value is 0.660. The molecule has 0 aromatic carbocycles. The van der Waals surface area contributed by atoms with Crippen molar-refractivity contribution in [2.24, 2.45) is 5.92 Å². The molecule has 13 heavy (non-hydrogen) atoms. The lowest BCUT2D eigenvalue weighted by atomic mass is 9.99. The van der Waals surface area contributed by atoms with Gasteiger partial charge in [0.05, 0.1) is 3.79 Å². The van der Waals surface area contributed by atoms with E-state index in [0.29, 0.717) is 4.83 Å². The monoisotopic (exact) mass is 324 g/mol. The Kier molecular flexibility index (Phi) is 4.98. The maximum atomic E-state index is 3.66. The first-order valence-corrected chi connectivity index (χ1v) is 7.04. The van der Waals surface area contributed by atoms with Crippen molar-refractivity contribution < 1.29 is 0 Å². The molecule has 1 heterocycles. The van der Waals surface area contributed by atoms with Crippen molar-refractivity contribution in [2.45, 2.75) is 31.5 Å². The molecule has 1 aromatic heterocycles. The SMILES string of the molecule is CCC(Cc1ccc(Br)s1)C(C)Br. The van der Waals surface area contributed by atoms with E-state index in [4.69, 9.17) is 0 Å². The summed E-state index contributed by atoms with van der Waals surface area (Å²) in [6, 6.07) is 4.35. The molecule has 2 atom stereocenters. The molecule has 1 aromatic rings. The smallest absolute Gasteiger partial charge is 0.0701 e. The van der Waals surface area contributed by atoms with E-state index in [1.807, 2.05) is 11.3 Å². The third kappa shape index (κ3) is 3.72. The third-order valence-electron chi connectivity index (χ3n) is 2.27. The van der Waals surface area contributed by atoms with Crippen molar-refractivity contribution in [3.8, 4) is 0 Å². The molecule has 3 heteroatoms. The fourth-order valence-electron chi connectivity index (χ4n) is 1.35. The van der Waals surface area contributed by atoms with Crippen molar-refractivity contribution >= 4 is 43.2 Å². The van der Waals surface area contributed by atoms with Gasteiger partial charge in [-0.15, -0.1) is 11.3 Å². The van der Waals surface area contributed by atoms with Gasteiger partial charge in [-0.1, -0.05) is 36.2 Å². The lowest BCUT2D eigenvalue weighted by Gasteiger charge is -2.16. The zero-order valence-electron chi connectivity index (χ0n) is 7.89. The molecule has 0 aliphatic rings. The summed E-state index contributed by atoms with van der Waals surface area (Å²) in [4.78, 5) is 2.09. The van der Waals surface area contributed by atoms with Crippen LogP contribution in [-0.4, -0.2) is 4.83 Å². The first-order chi connectivity index (χ1) is 6.13. The number of halogens is 2. The molecule has 2 unspecified atom stereocenters. The topological polar surface area (TPSA) is 0 Å². The van der Waals surface area contributed by atoms with Crippen LogP contribution in [0.2, 0.25) is 0 Å². The molecule has 0 saturated heterocycles. The second kappa shape index (κ2) is 5.52. The van der Waals surface area contributed by atoms with E-state index < -0.39 is 0 Å². The number of rotatable bonds is 4. The third-order valence-corrected chi connectivity index (χ3v) is 4.66. The highest BCUT2D eigenvalue weighted by atomic mass is 79.9. The van der Waals surface area contributed by atoms with Crippen LogP contribution in [0.4, 0.5) is 0 Å². The van der Waals surface area contributed by atoms with Crippen molar-refractivity contribution in [3.63, 3.8) is 0 Å². The number of hydrogen-bond acceptors (Lipinski definition) is 1. The summed E-state index contributed by atoms with van der Waals surface area (Å²) in [6.45, 7) is 4.49. The molecule has 0 bridgehead atoms. The van der Waals surface area contributed by atoms with E-state index in [2.05, 4.69) is 57.8 Å². The lowest BCUT2D eigenvalue weighted by Crippen LogP contribution is -2.12. The second-order valence-electron chi connectivity index (χ2n) is 3.26. The zero-order chi connectivity index (χ0) is 9.84. The number of alkyl halides is 1. The molecule has 1 rings (SSSR count). The Morgan fingerprint density at radius 3 is 2.54 bits per heavy atom. The molecule has 0 N–H and O–H groups in total. The highest BCUT2D eigenvalue weighted by molar-refractivity contribution is 9.11. The van der Waals surface area contributed by atoms with Crippen LogP contribution in [0.5, 0.6) is 0 Å². The van der Waals surface area contributed by atoms with Gasteiger partial charge in [0.1, 0.15) is 0 Å². The van der Waals surface area contributed by atoms with E-state index in [1.165, 1.54) is 21.5 Å². The quantitative estimate of drug-likeness (QED) is 0.693. The highest BCUT2D eigenvalue weighted by Gasteiger charge is 2.13. The molecule has 0 amide bonds. The highest BCUT2D eigenvalue weighted by Crippen LogP contribution is 2.27.